The van der Waals surface area contributed by atoms with E-state index in [0.29, 0.717) is 49.0 Å². The molecule has 266 valence electrons. The van der Waals surface area contributed by atoms with Crippen molar-refractivity contribution in [3.63, 3.8) is 0 Å². The summed E-state index contributed by atoms with van der Waals surface area (Å²) in [6.45, 7) is 3.87. The Kier molecular flexibility index (Phi) is 10.3. The molecule has 2 amide bonds. The number of rotatable bonds is 5. The number of fused-ring (bicyclic) bond motifs is 4. The summed E-state index contributed by atoms with van der Waals surface area (Å²) < 4.78 is 33.7. The first-order valence-electron chi connectivity index (χ1n) is 17.5. The molecule has 2 bridgehead atoms. The Morgan fingerprint density at radius 3 is 2.86 bits per heavy atom. The fourth-order valence-electron chi connectivity index (χ4n) is 8.00. The molecular weight excluding hydrogens is 694 g/mol. The van der Waals surface area contributed by atoms with E-state index in [-0.39, 0.29) is 23.7 Å². The van der Waals surface area contributed by atoms with Gasteiger partial charge < -0.3 is 14.4 Å². The van der Waals surface area contributed by atoms with Gasteiger partial charge >= 0.3 is 0 Å². The average molecular weight is 738 g/mol. The van der Waals surface area contributed by atoms with Gasteiger partial charge in [0.15, 0.2) is 0 Å². The first-order valence-corrected chi connectivity index (χ1v) is 20.4. The van der Waals surface area contributed by atoms with Crippen molar-refractivity contribution >= 4 is 50.4 Å². The van der Waals surface area contributed by atoms with Crippen LogP contribution in [0.15, 0.2) is 52.9 Å². The molecule has 0 radical (unpaired) electrons. The predicted molar refractivity (Wildman–Crippen MR) is 196 cm³/mol. The number of allylic oxidation sites excluding steroid dienone is 1. The molecule has 3 heterocycles. The summed E-state index contributed by atoms with van der Waals surface area (Å²) in [7, 11) is -1.66. The second-order valence-electron chi connectivity index (χ2n) is 14.0. The second kappa shape index (κ2) is 14.7. The number of aromatic nitrogens is 2. The number of halogens is 1. The van der Waals surface area contributed by atoms with Gasteiger partial charge in [-0.05, 0) is 105 Å². The van der Waals surface area contributed by atoms with Crippen LogP contribution < -0.4 is 14.4 Å². The first-order chi connectivity index (χ1) is 24.1. The molecule has 1 unspecified atom stereocenters. The molecule has 1 fully saturated rings. The average Bonchev–Trinajstić information content (AvgIpc) is 3.44. The summed E-state index contributed by atoms with van der Waals surface area (Å²) in [5.74, 6) is 0.434. The number of nitrogens with one attached hydrogen (secondary N) is 1. The second-order valence-corrected chi connectivity index (χ2v) is 17.8. The van der Waals surface area contributed by atoms with Crippen molar-refractivity contribution in [1.82, 2.24) is 14.9 Å². The number of aryl methyl sites for hydroxylation is 3. The van der Waals surface area contributed by atoms with E-state index < -0.39 is 21.7 Å². The van der Waals surface area contributed by atoms with E-state index in [0.717, 1.165) is 65.9 Å². The molecule has 1 aromatic heterocycles. The zero-order valence-corrected chi connectivity index (χ0v) is 31.0. The molecule has 4 aliphatic rings. The monoisotopic (exact) mass is 737 g/mol. The maximum absolute atomic E-state index is 14.2. The summed E-state index contributed by atoms with van der Waals surface area (Å²) in [5.41, 5.74) is 3.43. The minimum Gasteiger partial charge on any atom is -0.490 e. The van der Waals surface area contributed by atoms with Crippen molar-refractivity contribution in [3.8, 4) is 5.75 Å². The third kappa shape index (κ3) is 7.49. The number of anilines is 1. The van der Waals surface area contributed by atoms with E-state index >= 15 is 0 Å². The van der Waals surface area contributed by atoms with Crippen LogP contribution in [0, 0.1) is 18.8 Å². The molecule has 1 saturated carbocycles. The predicted octanol–water partition coefficient (Wildman–Crippen LogP) is 6.64. The zero-order valence-electron chi connectivity index (χ0n) is 28.6. The van der Waals surface area contributed by atoms with Crippen LogP contribution >= 0.6 is 22.9 Å². The maximum Gasteiger partial charge on any atom is 0.286 e. The largest absolute Gasteiger partial charge is 0.490 e. The lowest BCUT2D eigenvalue weighted by Gasteiger charge is -2.46. The summed E-state index contributed by atoms with van der Waals surface area (Å²) in [6.07, 6.45) is 10.8. The van der Waals surface area contributed by atoms with Crippen molar-refractivity contribution in [2.45, 2.75) is 76.2 Å². The number of nitrogens with zero attached hydrogens (tertiary/aromatic N) is 4. The van der Waals surface area contributed by atoms with E-state index in [9.17, 15) is 13.8 Å². The highest BCUT2D eigenvalue weighted by atomic mass is 35.5. The lowest BCUT2D eigenvalue weighted by molar-refractivity contribution is -0.119. The first kappa shape index (κ1) is 35.1. The Balaban J connectivity index is 1.24. The lowest BCUT2D eigenvalue weighted by Crippen LogP contribution is -2.49. The highest BCUT2D eigenvalue weighted by Gasteiger charge is 2.44. The van der Waals surface area contributed by atoms with E-state index in [2.05, 4.69) is 48.5 Å². The molecule has 3 aromatic rings. The number of hydrogen-bond acceptors (Lipinski definition) is 9. The molecule has 1 spiro atoms. The van der Waals surface area contributed by atoms with Crippen molar-refractivity contribution in [3.05, 3.63) is 80.3 Å². The molecule has 2 aliphatic carbocycles. The number of benzene rings is 2. The Hall–Kier alpha value is -3.32. The van der Waals surface area contributed by atoms with Crippen molar-refractivity contribution in [2.24, 2.45) is 16.2 Å². The van der Waals surface area contributed by atoms with Crippen molar-refractivity contribution < 1.29 is 23.3 Å². The van der Waals surface area contributed by atoms with Crippen LogP contribution in [-0.2, 0) is 37.7 Å². The third-order valence-electron chi connectivity index (χ3n) is 10.7. The highest BCUT2D eigenvalue weighted by Crippen LogP contribution is 2.47. The zero-order chi connectivity index (χ0) is 34.9. The van der Waals surface area contributed by atoms with Crippen LogP contribution in [0.3, 0.4) is 0 Å². The smallest absolute Gasteiger partial charge is 0.286 e. The van der Waals surface area contributed by atoms with Gasteiger partial charge in [0.05, 0.1) is 24.2 Å². The number of ether oxygens (including phenoxy) is 2. The van der Waals surface area contributed by atoms with Crippen LogP contribution in [0.4, 0.5) is 5.69 Å². The number of carbonyl (C=O) groups is 2. The summed E-state index contributed by atoms with van der Waals surface area (Å²) in [5, 5.41) is 10.4. The van der Waals surface area contributed by atoms with Gasteiger partial charge in [0, 0.05) is 49.0 Å². The van der Waals surface area contributed by atoms with Gasteiger partial charge in [0.1, 0.15) is 25.7 Å². The Labute approximate surface area is 303 Å². The molecule has 0 saturated heterocycles. The van der Waals surface area contributed by atoms with Gasteiger partial charge in [-0.3, -0.25) is 14.3 Å². The fraction of sp³-hybridized carbons (Fsp3) is 0.514. The van der Waals surface area contributed by atoms with E-state index in [1.807, 2.05) is 25.1 Å². The normalized spacial score (nSPS) is 28.7. The summed E-state index contributed by atoms with van der Waals surface area (Å²) in [6, 6.07) is 11.6. The van der Waals surface area contributed by atoms with Gasteiger partial charge in [0.2, 0.25) is 5.91 Å². The van der Waals surface area contributed by atoms with Crippen LogP contribution in [0.25, 0.3) is 0 Å². The van der Waals surface area contributed by atoms with Gasteiger partial charge in [0.25, 0.3) is 5.91 Å². The molecule has 2 aromatic carbocycles. The Morgan fingerprint density at radius 1 is 1.20 bits per heavy atom. The van der Waals surface area contributed by atoms with Gasteiger partial charge in [-0.15, -0.1) is 25.9 Å². The number of amides is 2. The van der Waals surface area contributed by atoms with Crippen LogP contribution in [0.5, 0.6) is 5.75 Å². The SMILES string of the molecule is CO[C@H]1/C=C\CCCS(=O)(NC(=O)CCc2nnc(C)s2)=NC(=O)c2ccc3c(c2)N(C[C@@H]2CC[C@H]21)C[C@@]1(CCCc2cc(Cl)ccc21)CO3. The van der Waals surface area contributed by atoms with Crippen LogP contribution in [0.2, 0.25) is 5.02 Å². The van der Waals surface area contributed by atoms with Crippen molar-refractivity contribution in [2.75, 3.05) is 37.5 Å². The Bertz CT molecular complexity index is 1920. The maximum atomic E-state index is 14.2. The fourth-order valence-corrected chi connectivity index (χ4v) is 10.5. The van der Waals surface area contributed by atoms with E-state index in [1.54, 1.807) is 13.2 Å². The standard InChI is InChI=1S/C37H44ClN5O5S2/c1-24-39-40-35(49-24)16-15-34(44)41-50(46)18-5-3-4-8-32(47-2)29-12-9-27(29)21-43-22-37(17-6-7-25-19-28(38)11-13-30(25)37)23-48-33-14-10-26(20-31(33)43)36(45)42-50/h4,8,10-11,13-14,19-20,27,29,32H,3,5-7,9,12,15-18,21-23H2,1-2H3,(H,41,42,44,45,46)/b8-4-/t27-,29+,32-,37-,50?/m0/s1. The quantitative estimate of drug-likeness (QED) is 0.290. The molecule has 5 atom stereocenters. The summed E-state index contributed by atoms with van der Waals surface area (Å²) >= 11 is 7.87. The Morgan fingerprint density at radius 2 is 2.08 bits per heavy atom. The lowest BCUT2D eigenvalue weighted by atomic mass is 9.68. The minimum absolute atomic E-state index is 0.0403. The third-order valence-corrected chi connectivity index (χ3v) is 13.6. The molecular formula is C37H44ClN5O5S2. The van der Waals surface area contributed by atoms with E-state index in [4.69, 9.17) is 21.1 Å². The van der Waals surface area contributed by atoms with Gasteiger partial charge in [-0.25, -0.2) is 4.21 Å². The van der Waals surface area contributed by atoms with Crippen molar-refractivity contribution in [1.29, 1.82) is 0 Å². The van der Waals surface area contributed by atoms with Gasteiger partial charge in [-0.1, -0.05) is 29.8 Å². The minimum atomic E-state index is -3.42. The number of methoxy groups -OCH3 is 1. The number of hydrogen-bond donors (Lipinski definition) is 1. The molecule has 1 N–H and O–H groups in total. The molecule has 2 aliphatic heterocycles. The van der Waals surface area contributed by atoms with Crippen LogP contribution in [0.1, 0.15) is 76.4 Å². The summed E-state index contributed by atoms with van der Waals surface area (Å²) in [4.78, 5) is 29.3. The van der Waals surface area contributed by atoms with Gasteiger partial charge in [-0.2, -0.15) is 0 Å². The van der Waals surface area contributed by atoms with Crippen LogP contribution in [-0.4, -0.2) is 64.9 Å². The molecule has 10 nitrogen and oxygen atoms in total. The number of carbonyl (C=O) groups excluding carboxylic acids is 2. The molecule has 50 heavy (non-hydrogen) atoms. The highest BCUT2D eigenvalue weighted by molar-refractivity contribution is 7.92. The van der Waals surface area contributed by atoms with E-state index in [1.165, 1.54) is 22.5 Å². The molecule has 13 heteroatoms. The topological polar surface area (TPSA) is 123 Å². The molecule has 7 rings (SSSR count).